The number of nitrogens with zero attached hydrogens (tertiary/aromatic N) is 1. The number of halogens is 1. The van der Waals surface area contributed by atoms with Crippen LogP contribution in [0.15, 0.2) is 102 Å². The summed E-state index contributed by atoms with van der Waals surface area (Å²) in [5, 5.41) is 0.730. The largest absolute Gasteiger partial charge is 0.210 e. The maximum Gasteiger partial charge on any atom is 0.0874 e. The molecule has 0 unspecified atom stereocenters. The molecule has 0 bridgehead atoms. The van der Waals surface area contributed by atoms with E-state index in [9.17, 15) is 0 Å². The maximum absolute atomic E-state index is 6.06. The van der Waals surface area contributed by atoms with Crippen molar-refractivity contribution in [2.24, 2.45) is 0 Å². The van der Waals surface area contributed by atoms with Crippen molar-refractivity contribution < 1.29 is 0 Å². The molecule has 155 valence electrons. The first-order valence-electron chi connectivity index (χ1n) is 10.3. The maximum atomic E-state index is 6.06. The molecule has 0 aliphatic rings. The molecule has 0 saturated carbocycles. The topological polar surface area (TPSA) is 14.1 Å². The molecule has 0 spiro atoms. The lowest BCUT2D eigenvalue weighted by molar-refractivity contribution is 0.591. The predicted molar refractivity (Wildman–Crippen MR) is 135 cm³/mol. The van der Waals surface area contributed by atoms with Gasteiger partial charge < -0.3 is 0 Å². The van der Waals surface area contributed by atoms with Gasteiger partial charge in [0.05, 0.1) is 5.69 Å². The molecule has 0 amide bonds. The molecule has 0 aliphatic carbocycles. The van der Waals surface area contributed by atoms with Crippen molar-refractivity contribution in [3.63, 3.8) is 0 Å². The van der Waals surface area contributed by atoms with Crippen molar-refractivity contribution in [1.29, 1.82) is 0 Å². The van der Waals surface area contributed by atoms with Crippen LogP contribution >= 0.6 is 23.5 Å². The van der Waals surface area contributed by atoms with E-state index in [4.69, 9.17) is 16.3 Å². The van der Waals surface area contributed by atoms with Crippen molar-refractivity contribution in [3.05, 3.63) is 108 Å². The van der Waals surface area contributed by atoms with Gasteiger partial charge in [-0.05, 0) is 58.5 Å². The fraction of sp³-hybridized carbons (Fsp3) is 0.143. The molecule has 0 aromatic heterocycles. The van der Waals surface area contributed by atoms with E-state index in [1.165, 1.54) is 28.6 Å². The molecule has 4 aromatic carbocycles. The number of hydrogen-bond donors (Lipinski definition) is 0. The Labute approximate surface area is 194 Å². The summed E-state index contributed by atoms with van der Waals surface area (Å²) in [4.78, 5) is 1.06. The summed E-state index contributed by atoms with van der Waals surface area (Å²) in [5.41, 5.74) is 6.93. The average Bonchev–Trinajstić information content (AvgIpc) is 2.79. The number of benzene rings is 4. The first kappa shape index (κ1) is 21.5. The molecule has 0 N–H and O–H groups in total. The predicted octanol–water partition coefficient (Wildman–Crippen LogP) is 8.91. The molecule has 0 aliphatic heterocycles. The monoisotopic (exact) mass is 442 g/mol. The minimum absolute atomic E-state index is 0.0227. The van der Waals surface area contributed by atoms with Gasteiger partial charge in [-0.25, -0.2) is 4.72 Å². The summed E-state index contributed by atoms with van der Waals surface area (Å²) in [6, 6.07) is 33.4. The lowest BCUT2D eigenvalue weighted by atomic mass is 9.82. The lowest BCUT2D eigenvalue weighted by Gasteiger charge is -2.24. The summed E-state index contributed by atoms with van der Waals surface area (Å²) in [5.74, 6) is 0. The van der Waals surface area contributed by atoms with Crippen LogP contribution in [0.3, 0.4) is 0 Å². The number of hydrogen-bond acceptors (Lipinski definition) is 1. The van der Waals surface area contributed by atoms with E-state index in [2.05, 4.69) is 93.6 Å². The van der Waals surface area contributed by atoms with Gasteiger partial charge in [0.1, 0.15) is 0 Å². The third-order valence-electron chi connectivity index (χ3n) is 5.20. The number of rotatable bonds is 5. The third-order valence-corrected chi connectivity index (χ3v) is 6.21. The highest BCUT2D eigenvalue weighted by molar-refractivity contribution is 7.97. The van der Waals surface area contributed by atoms with Gasteiger partial charge in [0.15, 0.2) is 0 Å². The molecule has 1 nitrogen and oxygen atoms in total. The van der Waals surface area contributed by atoms with E-state index in [1.54, 1.807) is 0 Å². The summed E-state index contributed by atoms with van der Waals surface area (Å²) >= 11 is 7.54. The Morgan fingerprint density at radius 3 is 1.61 bits per heavy atom. The van der Waals surface area contributed by atoms with Gasteiger partial charge >= 0.3 is 0 Å². The zero-order valence-electron chi connectivity index (χ0n) is 18.0. The minimum atomic E-state index is 0.0227. The van der Waals surface area contributed by atoms with E-state index in [0.717, 1.165) is 26.7 Å². The highest BCUT2D eigenvalue weighted by atomic mass is 35.5. The lowest BCUT2D eigenvalue weighted by Crippen LogP contribution is -2.12. The van der Waals surface area contributed by atoms with Crippen LogP contribution in [0.5, 0.6) is 0 Å². The minimum Gasteiger partial charge on any atom is -0.210 e. The molecule has 0 saturated heterocycles. The van der Waals surface area contributed by atoms with Crippen molar-refractivity contribution >= 4 is 29.2 Å². The Kier molecular flexibility index (Phi) is 6.41. The fourth-order valence-electron chi connectivity index (χ4n) is 3.44. The van der Waals surface area contributed by atoms with Crippen LogP contribution in [0.2, 0.25) is 5.02 Å². The van der Waals surface area contributed by atoms with Crippen LogP contribution in [0.4, 0.5) is 5.69 Å². The van der Waals surface area contributed by atoms with Gasteiger partial charge in [0, 0.05) is 33.0 Å². The molecule has 0 atom stereocenters. The van der Waals surface area contributed by atoms with E-state index >= 15 is 0 Å². The zero-order valence-corrected chi connectivity index (χ0v) is 19.5. The quantitative estimate of drug-likeness (QED) is 0.281. The molecular formula is C28H25ClNS. The first-order chi connectivity index (χ1) is 14.9. The van der Waals surface area contributed by atoms with Crippen LogP contribution in [-0.2, 0) is 5.41 Å². The van der Waals surface area contributed by atoms with E-state index in [0.29, 0.717) is 0 Å². The Hall–Kier alpha value is -2.68. The molecule has 4 rings (SSSR count). The molecule has 0 fully saturated rings. The highest BCUT2D eigenvalue weighted by Crippen LogP contribution is 2.43. The molecular weight excluding hydrogens is 418 g/mol. The van der Waals surface area contributed by atoms with Gasteiger partial charge in [-0.2, -0.15) is 0 Å². The zero-order chi connectivity index (χ0) is 21.8. The van der Waals surface area contributed by atoms with Gasteiger partial charge in [-0.15, -0.1) is 0 Å². The second kappa shape index (κ2) is 9.21. The third kappa shape index (κ3) is 5.15. The van der Waals surface area contributed by atoms with Gasteiger partial charge in [0.25, 0.3) is 0 Å². The van der Waals surface area contributed by atoms with Crippen molar-refractivity contribution in [2.75, 3.05) is 0 Å². The van der Waals surface area contributed by atoms with E-state index < -0.39 is 0 Å². The molecule has 31 heavy (non-hydrogen) atoms. The Morgan fingerprint density at radius 2 is 1.16 bits per heavy atom. The van der Waals surface area contributed by atoms with Crippen LogP contribution in [0, 0.1) is 0 Å². The van der Waals surface area contributed by atoms with Crippen LogP contribution in [0.25, 0.3) is 22.3 Å². The normalized spacial score (nSPS) is 11.4. The Morgan fingerprint density at radius 1 is 0.677 bits per heavy atom. The Balaban J connectivity index is 1.89. The van der Waals surface area contributed by atoms with Crippen LogP contribution in [-0.4, -0.2) is 0 Å². The van der Waals surface area contributed by atoms with Gasteiger partial charge in [-0.3, -0.25) is 0 Å². The second-order valence-electron chi connectivity index (χ2n) is 8.54. The van der Waals surface area contributed by atoms with Gasteiger partial charge in [0.2, 0.25) is 0 Å². The van der Waals surface area contributed by atoms with E-state index in [1.807, 2.05) is 24.3 Å². The Bertz CT molecular complexity index is 1090. The molecule has 3 heteroatoms. The van der Waals surface area contributed by atoms with Crippen LogP contribution < -0.4 is 4.72 Å². The molecule has 4 aromatic rings. The summed E-state index contributed by atoms with van der Waals surface area (Å²) < 4.78 is 5.06. The summed E-state index contributed by atoms with van der Waals surface area (Å²) in [6.07, 6.45) is 0. The fourth-order valence-corrected chi connectivity index (χ4v) is 4.21. The highest BCUT2D eigenvalue weighted by Gasteiger charge is 2.21. The second-order valence-corrected chi connectivity index (χ2v) is 9.81. The van der Waals surface area contributed by atoms with Crippen molar-refractivity contribution in [3.8, 4) is 22.3 Å². The first-order valence-corrected chi connectivity index (χ1v) is 11.5. The summed E-state index contributed by atoms with van der Waals surface area (Å²) in [7, 11) is 0. The van der Waals surface area contributed by atoms with Crippen LogP contribution in [0.1, 0.15) is 26.3 Å². The van der Waals surface area contributed by atoms with E-state index in [-0.39, 0.29) is 5.41 Å². The van der Waals surface area contributed by atoms with Crippen molar-refractivity contribution in [2.45, 2.75) is 31.1 Å². The SMILES string of the molecule is CC(C)(C)c1cc(-c2ccccc2)c([N]Sc2ccc(Cl)cc2)c(-c2ccccc2)c1. The van der Waals surface area contributed by atoms with Gasteiger partial charge in [-0.1, -0.05) is 93.0 Å². The smallest absolute Gasteiger partial charge is 0.0874 e. The summed E-state index contributed by atoms with van der Waals surface area (Å²) in [6.45, 7) is 6.77. The van der Waals surface area contributed by atoms with Crippen molar-refractivity contribution in [1.82, 2.24) is 4.72 Å². The average molecular weight is 443 g/mol. The molecule has 1 radical (unpaired) electrons. The standard InChI is InChI=1S/C28H25ClNS/c1-28(2,3)22-18-25(20-10-6-4-7-11-20)27(26(19-22)21-12-8-5-9-13-21)30-31-24-16-14-23(29)15-17-24/h4-19H,1-3H3. The molecule has 0 heterocycles.